The van der Waals surface area contributed by atoms with Crippen LogP contribution in [0.1, 0.15) is 17.3 Å². The van der Waals surface area contributed by atoms with Crippen LogP contribution in [0.3, 0.4) is 0 Å². The number of carbonyl (C=O) groups is 1. The number of likely N-dealkylation sites (tertiary alicyclic amines) is 1. The van der Waals surface area contributed by atoms with Gasteiger partial charge in [-0.25, -0.2) is 4.98 Å². The van der Waals surface area contributed by atoms with Crippen molar-refractivity contribution in [1.29, 1.82) is 0 Å². The molecular weight excluding hydrogens is 322 g/mol. The number of benzene rings is 1. The summed E-state index contributed by atoms with van der Waals surface area (Å²) in [6, 6.07) is 8.48. The minimum atomic E-state index is 0.0254. The van der Waals surface area contributed by atoms with Crippen molar-refractivity contribution in [3.63, 3.8) is 0 Å². The van der Waals surface area contributed by atoms with Crippen LogP contribution in [0.15, 0.2) is 29.8 Å². The Morgan fingerprint density at radius 3 is 2.67 bits per heavy atom. The molecule has 1 spiro atoms. The second kappa shape index (κ2) is 6.27. The van der Waals surface area contributed by atoms with E-state index in [0.29, 0.717) is 5.41 Å². The maximum Gasteiger partial charge on any atom is 0.207 e. The van der Waals surface area contributed by atoms with Crippen molar-refractivity contribution in [1.82, 2.24) is 15.2 Å². The molecule has 0 radical (unpaired) electrons. The van der Waals surface area contributed by atoms with Crippen molar-refractivity contribution in [2.45, 2.75) is 13.0 Å². The van der Waals surface area contributed by atoms with Crippen molar-refractivity contribution in [3.8, 4) is 10.4 Å². The summed E-state index contributed by atoms with van der Waals surface area (Å²) < 4.78 is 5.32. The van der Waals surface area contributed by atoms with Gasteiger partial charge in [-0.3, -0.25) is 9.69 Å². The Balaban J connectivity index is 1.45. The molecule has 6 heteroatoms. The van der Waals surface area contributed by atoms with Gasteiger partial charge in [0.15, 0.2) is 0 Å². The fourth-order valence-corrected chi connectivity index (χ4v) is 4.46. The van der Waals surface area contributed by atoms with Gasteiger partial charge in [-0.05, 0) is 18.1 Å². The van der Waals surface area contributed by atoms with Crippen molar-refractivity contribution < 1.29 is 9.53 Å². The number of aryl methyl sites for hydroxylation is 1. The average molecular weight is 343 g/mol. The smallest absolute Gasteiger partial charge is 0.207 e. The number of amides is 1. The normalized spacial score (nSPS) is 20.2. The zero-order valence-electron chi connectivity index (χ0n) is 13.7. The van der Waals surface area contributed by atoms with Crippen LogP contribution in [0.2, 0.25) is 0 Å². The fraction of sp³-hybridized carbons (Fsp3) is 0.444. The van der Waals surface area contributed by atoms with E-state index in [4.69, 9.17) is 4.74 Å². The fourth-order valence-electron chi connectivity index (χ4n) is 3.65. The molecule has 5 nitrogen and oxygen atoms in total. The topological polar surface area (TPSA) is 54.5 Å². The number of aromatic nitrogens is 1. The Hall–Kier alpha value is -1.76. The van der Waals surface area contributed by atoms with Gasteiger partial charge in [-0.2, -0.15) is 0 Å². The number of thiazole rings is 1. The number of rotatable bonds is 6. The molecule has 2 aliphatic heterocycles. The zero-order valence-corrected chi connectivity index (χ0v) is 14.5. The molecule has 2 saturated heterocycles. The Bertz CT molecular complexity index is 716. The molecule has 2 fully saturated rings. The lowest BCUT2D eigenvalue weighted by Crippen LogP contribution is -2.66. The molecule has 0 bridgehead atoms. The minimum absolute atomic E-state index is 0.0254. The molecular formula is C18H21N3O2S. The molecule has 3 heterocycles. The van der Waals surface area contributed by atoms with E-state index in [1.54, 1.807) is 11.3 Å². The molecule has 1 N–H and O–H groups in total. The maximum atomic E-state index is 11.0. The SMILES string of the molecule is Cc1ncsc1-c1ccc(C(CN2CC3(COC3)C2)NC=O)cc1. The maximum absolute atomic E-state index is 11.0. The summed E-state index contributed by atoms with van der Waals surface area (Å²) >= 11 is 1.66. The molecule has 4 rings (SSSR count). The van der Waals surface area contributed by atoms with Crippen LogP contribution in [0.25, 0.3) is 10.4 Å². The molecule has 2 aliphatic rings. The van der Waals surface area contributed by atoms with Crippen LogP contribution in [0.4, 0.5) is 0 Å². The Morgan fingerprint density at radius 1 is 1.38 bits per heavy atom. The summed E-state index contributed by atoms with van der Waals surface area (Å²) in [5.74, 6) is 0. The van der Waals surface area contributed by atoms with Gasteiger partial charge in [0.25, 0.3) is 0 Å². The highest BCUT2D eigenvalue weighted by atomic mass is 32.1. The average Bonchev–Trinajstić information content (AvgIpc) is 2.94. The monoisotopic (exact) mass is 343 g/mol. The van der Waals surface area contributed by atoms with Crippen molar-refractivity contribution in [2.24, 2.45) is 5.41 Å². The van der Waals surface area contributed by atoms with Gasteiger partial charge in [0.05, 0.1) is 35.3 Å². The Labute approximate surface area is 145 Å². The lowest BCUT2D eigenvalue weighted by atomic mass is 9.77. The van der Waals surface area contributed by atoms with E-state index >= 15 is 0 Å². The summed E-state index contributed by atoms with van der Waals surface area (Å²) in [7, 11) is 0. The lowest BCUT2D eigenvalue weighted by molar-refractivity contribution is -0.190. The first-order valence-electron chi connectivity index (χ1n) is 8.19. The first-order valence-corrected chi connectivity index (χ1v) is 9.07. The number of hydrogen-bond acceptors (Lipinski definition) is 5. The van der Waals surface area contributed by atoms with Crippen LogP contribution in [0, 0.1) is 12.3 Å². The molecule has 1 amide bonds. The van der Waals surface area contributed by atoms with Gasteiger partial charge < -0.3 is 10.1 Å². The van der Waals surface area contributed by atoms with Crippen LogP contribution in [0.5, 0.6) is 0 Å². The number of hydrogen-bond donors (Lipinski definition) is 1. The van der Waals surface area contributed by atoms with Gasteiger partial charge >= 0.3 is 0 Å². The van der Waals surface area contributed by atoms with Crippen LogP contribution in [-0.4, -0.2) is 49.1 Å². The molecule has 126 valence electrons. The summed E-state index contributed by atoms with van der Waals surface area (Å²) in [6.45, 7) is 6.79. The third-order valence-electron chi connectivity index (χ3n) is 4.97. The largest absolute Gasteiger partial charge is 0.380 e. The molecule has 1 aromatic heterocycles. The number of nitrogens with zero attached hydrogens (tertiary/aromatic N) is 2. The van der Waals surface area contributed by atoms with Crippen LogP contribution in [-0.2, 0) is 9.53 Å². The second-order valence-corrected chi connectivity index (χ2v) is 7.74. The van der Waals surface area contributed by atoms with Crippen molar-refractivity contribution in [3.05, 3.63) is 41.0 Å². The predicted octanol–water partition coefficient (Wildman–Crippen LogP) is 2.24. The molecule has 1 unspecified atom stereocenters. The molecule has 0 saturated carbocycles. The van der Waals surface area contributed by atoms with Gasteiger partial charge in [-0.1, -0.05) is 24.3 Å². The predicted molar refractivity (Wildman–Crippen MR) is 93.9 cm³/mol. The van der Waals surface area contributed by atoms with E-state index < -0.39 is 0 Å². The Kier molecular flexibility index (Phi) is 4.12. The number of nitrogens with one attached hydrogen (secondary N) is 1. The zero-order chi connectivity index (χ0) is 16.6. The number of ether oxygens (including phenoxy) is 1. The number of carbonyl (C=O) groups excluding carboxylic acids is 1. The standard InChI is InChI=1S/C18H21N3O2S/c1-13-17(24-12-20-13)15-4-2-14(3-5-15)16(19-11-22)6-21-7-18(8-21)9-23-10-18/h2-5,11-12,16H,6-10H2,1H3,(H,19,22). The minimum Gasteiger partial charge on any atom is -0.380 e. The van der Waals surface area contributed by atoms with Crippen molar-refractivity contribution >= 4 is 17.7 Å². The second-order valence-electron chi connectivity index (χ2n) is 6.89. The molecule has 0 aliphatic carbocycles. The highest BCUT2D eigenvalue weighted by Crippen LogP contribution is 2.38. The summed E-state index contributed by atoms with van der Waals surface area (Å²) in [5.41, 5.74) is 5.65. The van der Waals surface area contributed by atoms with Crippen molar-refractivity contribution in [2.75, 3.05) is 32.8 Å². The summed E-state index contributed by atoms with van der Waals surface area (Å²) in [4.78, 5) is 18.9. The lowest BCUT2D eigenvalue weighted by Gasteiger charge is -2.55. The van der Waals surface area contributed by atoms with E-state index in [0.717, 1.165) is 50.5 Å². The molecule has 2 aromatic rings. The third-order valence-corrected chi connectivity index (χ3v) is 5.94. The van der Waals surface area contributed by atoms with E-state index in [1.807, 2.05) is 12.4 Å². The van der Waals surface area contributed by atoms with Gasteiger partial charge in [0.1, 0.15) is 0 Å². The van der Waals surface area contributed by atoms with E-state index in [2.05, 4.69) is 39.5 Å². The van der Waals surface area contributed by atoms with E-state index in [1.165, 1.54) is 10.4 Å². The molecule has 1 atom stereocenters. The van der Waals surface area contributed by atoms with Gasteiger partial charge in [0, 0.05) is 25.0 Å². The van der Waals surface area contributed by atoms with Gasteiger partial charge in [0.2, 0.25) is 6.41 Å². The first kappa shape index (κ1) is 15.7. The first-order chi connectivity index (χ1) is 11.7. The highest BCUT2D eigenvalue weighted by Gasteiger charge is 2.49. The Morgan fingerprint density at radius 2 is 2.12 bits per heavy atom. The highest BCUT2D eigenvalue weighted by molar-refractivity contribution is 7.13. The van der Waals surface area contributed by atoms with Crippen LogP contribution >= 0.6 is 11.3 Å². The third kappa shape index (κ3) is 2.85. The van der Waals surface area contributed by atoms with E-state index in [-0.39, 0.29) is 6.04 Å². The van der Waals surface area contributed by atoms with Gasteiger partial charge in [-0.15, -0.1) is 11.3 Å². The molecule has 1 aromatic carbocycles. The quantitative estimate of drug-likeness (QED) is 0.818. The van der Waals surface area contributed by atoms with E-state index in [9.17, 15) is 4.79 Å². The van der Waals surface area contributed by atoms with Crippen LogP contribution < -0.4 is 5.32 Å². The summed E-state index contributed by atoms with van der Waals surface area (Å²) in [5, 5.41) is 2.96. The summed E-state index contributed by atoms with van der Waals surface area (Å²) in [6.07, 6.45) is 0.800. The molecule has 24 heavy (non-hydrogen) atoms.